The van der Waals surface area contributed by atoms with Crippen LogP contribution in [0.1, 0.15) is 22.2 Å². The molecule has 0 saturated heterocycles. The fourth-order valence-corrected chi connectivity index (χ4v) is 4.38. The zero-order valence-corrected chi connectivity index (χ0v) is 18.5. The minimum absolute atomic E-state index is 0.114. The highest BCUT2D eigenvalue weighted by Crippen LogP contribution is 2.24. The number of nitrogens with one attached hydrogen (secondary N) is 1. The molecule has 0 saturated carbocycles. The number of nitrogens with zero attached hydrogens (tertiary/aromatic N) is 3. The molecule has 0 unspecified atom stereocenters. The molecule has 0 spiro atoms. The van der Waals surface area contributed by atoms with Crippen LogP contribution in [0.5, 0.6) is 0 Å². The molecule has 156 valence electrons. The largest absolute Gasteiger partial charge is 0.325 e. The lowest BCUT2D eigenvalue weighted by Gasteiger charge is -2.09. The number of thioether (sulfide) groups is 1. The van der Waals surface area contributed by atoms with Crippen LogP contribution < -0.4 is 5.32 Å². The molecular weight excluding hydrogens is 428 g/mol. The van der Waals surface area contributed by atoms with E-state index in [1.165, 1.54) is 27.8 Å². The van der Waals surface area contributed by atoms with Crippen molar-refractivity contribution in [2.75, 3.05) is 11.1 Å². The topological polar surface area (TPSA) is 76.9 Å². The number of thiophene rings is 1. The molecular formula is C23H20N4O2S2. The molecule has 1 amide bonds. The smallest absolute Gasteiger partial charge is 0.290 e. The van der Waals surface area contributed by atoms with Crippen LogP contribution in [0.4, 0.5) is 5.69 Å². The van der Waals surface area contributed by atoms with Crippen molar-refractivity contribution < 1.29 is 9.59 Å². The van der Waals surface area contributed by atoms with Gasteiger partial charge >= 0.3 is 0 Å². The summed E-state index contributed by atoms with van der Waals surface area (Å²) in [6, 6.07) is 20.8. The molecule has 6 nitrogen and oxygen atoms in total. The van der Waals surface area contributed by atoms with E-state index in [4.69, 9.17) is 0 Å². The SMILES string of the molecule is CCc1ccccc1NC(=O)CSc1nc(-c2ccccc2)nn1C(=O)c1cccs1. The normalized spacial score (nSPS) is 10.7. The first kappa shape index (κ1) is 21.0. The van der Waals surface area contributed by atoms with Gasteiger partial charge in [0.25, 0.3) is 5.91 Å². The summed E-state index contributed by atoms with van der Waals surface area (Å²) < 4.78 is 1.28. The van der Waals surface area contributed by atoms with E-state index in [0.29, 0.717) is 15.9 Å². The quantitative estimate of drug-likeness (QED) is 0.403. The highest BCUT2D eigenvalue weighted by Gasteiger charge is 2.20. The first-order valence-corrected chi connectivity index (χ1v) is 11.6. The van der Waals surface area contributed by atoms with E-state index in [9.17, 15) is 9.59 Å². The van der Waals surface area contributed by atoms with Gasteiger partial charge in [-0.1, -0.05) is 73.3 Å². The number of aryl methyl sites for hydroxylation is 1. The van der Waals surface area contributed by atoms with E-state index >= 15 is 0 Å². The van der Waals surface area contributed by atoms with Crippen LogP contribution in [0.2, 0.25) is 0 Å². The average Bonchev–Trinajstić information content (AvgIpc) is 3.49. The number of benzene rings is 2. The summed E-state index contributed by atoms with van der Waals surface area (Å²) in [4.78, 5) is 30.6. The van der Waals surface area contributed by atoms with Gasteiger partial charge in [-0.05, 0) is 29.5 Å². The summed E-state index contributed by atoms with van der Waals surface area (Å²) in [5.41, 5.74) is 2.68. The highest BCUT2D eigenvalue weighted by atomic mass is 32.2. The van der Waals surface area contributed by atoms with Crippen molar-refractivity contribution in [3.8, 4) is 11.4 Å². The second-order valence-corrected chi connectivity index (χ2v) is 8.52. The third-order valence-corrected chi connectivity index (χ3v) is 6.33. The van der Waals surface area contributed by atoms with Gasteiger partial charge < -0.3 is 5.32 Å². The standard InChI is InChI=1S/C23H20N4O2S2/c1-2-16-9-6-7-12-18(16)24-20(28)15-31-23-25-21(17-10-4-3-5-11-17)26-27(23)22(29)19-13-8-14-30-19/h3-14H,2,15H2,1H3,(H,24,28). The lowest BCUT2D eigenvalue weighted by molar-refractivity contribution is -0.113. The molecule has 0 aliphatic rings. The number of hydrogen-bond donors (Lipinski definition) is 1. The summed E-state index contributed by atoms with van der Waals surface area (Å²) in [6.45, 7) is 2.05. The average molecular weight is 449 g/mol. The Labute approximate surface area is 188 Å². The van der Waals surface area contributed by atoms with Crippen LogP contribution in [0.25, 0.3) is 11.4 Å². The summed E-state index contributed by atoms with van der Waals surface area (Å²) in [5.74, 6) is 0.141. The molecule has 0 aliphatic carbocycles. The number of amides is 1. The van der Waals surface area contributed by atoms with E-state index in [-0.39, 0.29) is 17.6 Å². The molecule has 2 aromatic carbocycles. The lowest BCUT2D eigenvalue weighted by atomic mass is 10.1. The third-order valence-electron chi connectivity index (χ3n) is 4.54. The minimum atomic E-state index is -0.260. The Balaban J connectivity index is 1.55. The Kier molecular flexibility index (Phi) is 6.59. The Bertz CT molecular complexity index is 1190. The van der Waals surface area contributed by atoms with Gasteiger partial charge in [-0.25, -0.2) is 4.98 Å². The summed E-state index contributed by atoms with van der Waals surface area (Å²) in [5, 5.41) is 9.61. The van der Waals surface area contributed by atoms with Crippen LogP contribution in [0.15, 0.2) is 77.3 Å². The van der Waals surface area contributed by atoms with Crippen LogP contribution in [0, 0.1) is 0 Å². The number of aromatic nitrogens is 3. The van der Waals surface area contributed by atoms with E-state index in [1.807, 2.05) is 73.0 Å². The summed E-state index contributed by atoms with van der Waals surface area (Å²) in [6.07, 6.45) is 0.827. The van der Waals surface area contributed by atoms with Crippen molar-refractivity contribution in [2.24, 2.45) is 0 Å². The van der Waals surface area contributed by atoms with Gasteiger partial charge in [0.15, 0.2) is 11.0 Å². The second kappa shape index (κ2) is 9.72. The first-order chi connectivity index (χ1) is 15.2. The Morgan fingerprint density at radius 1 is 1.03 bits per heavy atom. The van der Waals surface area contributed by atoms with Crippen molar-refractivity contribution in [3.63, 3.8) is 0 Å². The van der Waals surface area contributed by atoms with E-state index in [1.54, 1.807) is 6.07 Å². The summed E-state index contributed by atoms with van der Waals surface area (Å²) in [7, 11) is 0. The molecule has 0 aliphatic heterocycles. The Morgan fingerprint density at radius 2 is 1.81 bits per heavy atom. The van der Waals surface area contributed by atoms with Crippen molar-refractivity contribution >= 4 is 40.6 Å². The molecule has 0 fully saturated rings. The number of hydrogen-bond acceptors (Lipinski definition) is 6. The van der Waals surface area contributed by atoms with Gasteiger partial charge in [0.05, 0.1) is 10.6 Å². The number of para-hydroxylation sites is 1. The molecule has 0 atom stereocenters. The van der Waals surface area contributed by atoms with E-state index < -0.39 is 0 Å². The number of carbonyl (C=O) groups is 2. The predicted molar refractivity (Wildman–Crippen MR) is 125 cm³/mol. The van der Waals surface area contributed by atoms with Gasteiger partial charge in [0.1, 0.15) is 0 Å². The van der Waals surface area contributed by atoms with Crippen LogP contribution in [0.3, 0.4) is 0 Å². The van der Waals surface area contributed by atoms with Crippen LogP contribution >= 0.6 is 23.1 Å². The fraction of sp³-hybridized carbons (Fsp3) is 0.130. The molecule has 31 heavy (non-hydrogen) atoms. The van der Waals surface area contributed by atoms with Crippen molar-refractivity contribution in [2.45, 2.75) is 18.5 Å². The molecule has 1 N–H and O–H groups in total. The first-order valence-electron chi connectivity index (χ1n) is 9.77. The Hall–Kier alpha value is -3.23. The van der Waals surface area contributed by atoms with Crippen molar-refractivity contribution in [3.05, 3.63) is 82.6 Å². The zero-order chi connectivity index (χ0) is 21.6. The number of anilines is 1. The number of carbonyl (C=O) groups excluding carboxylic acids is 2. The van der Waals surface area contributed by atoms with Crippen LogP contribution in [-0.4, -0.2) is 32.3 Å². The van der Waals surface area contributed by atoms with E-state index in [0.717, 1.165) is 23.2 Å². The maximum atomic E-state index is 12.9. The second-order valence-electron chi connectivity index (χ2n) is 6.63. The zero-order valence-electron chi connectivity index (χ0n) is 16.8. The monoisotopic (exact) mass is 448 g/mol. The predicted octanol–water partition coefficient (Wildman–Crippen LogP) is 4.99. The molecule has 4 rings (SSSR count). The van der Waals surface area contributed by atoms with Gasteiger partial charge in [0.2, 0.25) is 5.91 Å². The van der Waals surface area contributed by atoms with E-state index in [2.05, 4.69) is 15.4 Å². The molecule has 2 heterocycles. The fourth-order valence-electron chi connectivity index (χ4n) is 3.00. The minimum Gasteiger partial charge on any atom is -0.325 e. The maximum absolute atomic E-state index is 12.9. The maximum Gasteiger partial charge on any atom is 0.290 e. The number of rotatable bonds is 7. The van der Waals surface area contributed by atoms with Gasteiger partial charge in [-0.3, -0.25) is 9.59 Å². The molecule has 8 heteroatoms. The third kappa shape index (κ3) is 4.92. The van der Waals surface area contributed by atoms with Crippen LogP contribution in [-0.2, 0) is 11.2 Å². The molecule has 4 aromatic rings. The molecule has 2 aromatic heterocycles. The summed E-state index contributed by atoms with van der Waals surface area (Å²) >= 11 is 2.53. The highest BCUT2D eigenvalue weighted by molar-refractivity contribution is 7.99. The van der Waals surface area contributed by atoms with Gasteiger partial charge in [-0.15, -0.1) is 16.4 Å². The molecule has 0 radical (unpaired) electrons. The van der Waals surface area contributed by atoms with Crippen molar-refractivity contribution in [1.82, 2.24) is 14.8 Å². The lowest BCUT2D eigenvalue weighted by Crippen LogP contribution is -2.17. The molecule has 0 bridgehead atoms. The van der Waals surface area contributed by atoms with Gasteiger partial charge in [-0.2, -0.15) is 4.68 Å². The Morgan fingerprint density at radius 3 is 2.55 bits per heavy atom. The van der Waals surface area contributed by atoms with Crippen molar-refractivity contribution in [1.29, 1.82) is 0 Å². The van der Waals surface area contributed by atoms with Gasteiger partial charge in [0, 0.05) is 11.3 Å².